The Hall–Kier alpha value is -1.35. The zero-order valence-electron chi connectivity index (χ0n) is 10.9. The van der Waals surface area contributed by atoms with Crippen LogP contribution in [-0.4, -0.2) is 17.1 Å². The molecule has 0 aliphatic rings. The fraction of sp³-hybridized carbons (Fsp3) is 0.500. The highest BCUT2D eigenvalue weighted by Gasteiger charge is 2.20. The van der Waals surface area contributed by atoms with Gasteiger partial charge in [-0.15, -0.1) is 0 Å². The Bertz CT molecular complexity index is 399. The summed E-state index contributed by atoms with van der Waals surface area (Å²) in [6.07, 6.45) is 0. The normalized spacial score (nSPS) is 12.8. The van der Waals surface area contributed by atoms with Crippen LogP contribution in [0.15, 0.2) is 18.2 Å². The molecule has 3 nitrogen and oxygen atoms in total. The van der Waals surface area contributed by atoms with Crippen LogP contribution in [-0.2, 0) is 11.3 Å². The topological polar surface area (TPSA) is 49.3 Å². The number of rotatable bonds is 5. The second-order valence-corrected chi connectivity index (χ2v) is 4.86. The van der Waals surface area contributed by atoms with Gasteiger partial charge < -0.3 is 10.4 Å². The van der Waals surface area contributed by atoms with Crippen LogP contribution in [0.4, 0.5) is 0 Å². The summed E-state index contributed by atoms with van der Waals surface area (Å²) in [5, 5.41) is 12.1. The van der Waals surface area contributed by atoms with Crippen LogP contribution in [0.5, 0.6) is 0 Å². The first-order valence-electron chi connectivity index (χ1n) is 5.94. The van der Waals surface area contributed by atoms with Gasteiger partial charge in [-0.3, -0.25) is 4.79 Å². The highest BCUT2D eigenvalue weighted by molar-refractivity contribution is 5.73. The van der Waals surface area contributed by atoms with E-state index in [1.165, 1.54) is 11.1 Å². The fourth-order valence-electron chi connectivity index (χ4n) is 1.75. The molecule has 3 heteroatoms. The molecule has 0 bridgehead atoms. The third-order valence-electron chi connectivity index (χ3n) is 3.03. The number of carboxylic acid groups (broad SMARTS) is 1. The molecule has 0 heterocycles. The van der Waals surface area contributed by atoms with Crippen molar-refractivity contribution in [2.45, 2.75) is 40.3 Å². The van der Waals surface area contributed by atoms with Crippen LogP contribution in [0.2, 0.25) is 0 Å². The van der Waals surface area contributed by atoms with Gasteiger partial charge in [0.2, 0.25) is 0 Å². The average molecular weight is 235 g/mol. The van der Waals surface area contributed by atoms with Crippen LogP contribution >= 0.6 is 0 Å². The van der Waals surface area contributed by atoms with Crippen molar-refractivity contribution in [1.82, 2.24) is 5.32 Å². The summed E-state index contributed by atoms with van der Waals surface area (Å²) in [5.74, 6) is -0.706. The van der Waals surface area contributed by atoms with Crippen LogP contribution < -0.4 is 5.32 Å². The van der Waals surface area contributed by atoms with Crippen molar-refractivity contribution in [2.75, 3.05) is 0 Å². The molecule has 1 atom stereocenters. The highest BCUT2D eigenvalue weighted by Crippen LogP contribution is 2.10. The van der Waals surface area contributed by atoms with Gasteiger partial charge in [-0.25, -0.2) is 0 Å². The zero-order valence-corrected chi connectivity index (χ0v) is 10.9. The van der Waals surface area contributed by atoms with Gasteiger partial charge in [0.05, 0.1) is 0 Å². The molecule has 1 rings (SSSR count). The van der Waals surface area contributed by atoms with E-state index in [-0.39, 0.29) is 5.92 Å². The quantitative estimate of drug-likeness (QED) is 0.824. The molecule has 17 heavy (non-hydrogen) atoms. The van der Waals surface area contributed by atoms with Gasteiger partial charge in [-0.2, -0.15) is 0 Å². The minimum Gasteiger partial charge on any atom is -0.480 e. The third-order valence-corrected chi connectivity index (χ3v) is 3.03. The van der Waals surface area contributed by atoms with E-state index in [2.05, 4.69) is 31.3 Å². The molecule has 1 aromatic carbocycles. The van der Waals surface area contributed by atoms with Gasteiger partial charge in [-0.05, 0) is 36.5 Å². The van der Waals surface area contributed by atoms with Crippen LogP contribution in [0.3, 0.4) is 0 Å². The molecular formula is C14H21NO2. The smallest absolute Gasteiger partial charge is 0.320 e. The first-order valence-corrected chi connectivity index (χ1v) is 5.94. The number of hydrogen-bond donors (Lipinski definition) is 2. The molecule has 0 fully saturated rings. The van der Waals surface area contributed by atoms with Crippen LogP contribution in [0.1, 0.15) is 30.5 Å². The van der Waals surface area contributed by atoms with Crippen LogP contribution in [0, 0.1) is 19.8 Å². The van der Waals surface area contributed by atoms with Crippen molar-refractivity contribution in [1.29, 1.82) is 0 Å². The van der Waals surface area contributed by atoms with E-state index in [0.29, 0.717) is 6.54 Å². The summed E-state index contributed by atoms with van der Waals surface area (Å²) < 4.78 is 0. The average Bonchev–Trinajstić information content (AvgIpc) is 2.22. The Kier molecular flexibility index (Phi) is 4.70. The molecule has 1 aromatic rings. The monoisotopic (exact) mass is 235 g/mol. The third kappa shape index (κ3) is 3.86. The van der Waals surface area contributed by atoms with E-state index in [0.717, 1.165) is 5.56 Å². The second-order valence-electron chi connectivity index (χ2n) is 4.86. The van der Waals surface area contributed by atoms with E-state index in [1.54, 1.807) is 0 Å². The van der Waals surface area contributed by atoms with Crippen molar-refractivity contribution in [2.24, 2.45) is 5.92 Å². The van der Waals surface area contributed by atoms with E-state index >= 15 is 0 Å². The first-order chi connectivity index (χ1) is 7.91. The Morgan fingerprint density at radius 2 is 1.94 bits per heavy atom. The molecule has 0 spiro atoms. The van der Waals surface area contributed by atoms with Crippen molar-refractivity contribution >= 4 is 5.97 Å². The lowest BCUT2D eigenvalue weighted by Crippen LogP contribution is -2.40. The second kappa shape index (κ2) is 5.82. The predicted molar refractivity (Wildman–Crippen MR) is 69.0 cm³/mol. The van der Waals surface area contributed by atoms with Crippen molar-refractivity contribution in [3.05, 3.63) is 34.9 Å². The number of nitrogens with one attached hydrogen (secondary N) is 1. The van der Waals surface area contributed by atoms with Gasteiger partial charge >= 0.3 is 5.97 Å². The molecule has 94 valence electrons. The fourth-order valence-corrected chi connectivity index (χ4v) is 1.75. The minimum absolute atomic E-state index is 0.0824. The SMILES string of the molecule is Cc1ccc(CN[C@@H](C(=O)O)C(C)C)cc1C. The molecule has 0 aromatic heterocycles. The van der Waals surface area contributed by atoms with E-state index in [9.17, 15) is 4.79 Å². The maximum absolute atomic E-state index is 11.0. The Labute approximate surface area is 103 Å². The van der Waals surface area contributed by atoms with Gasteiger partial charge in [0, 0.05) is 6.54 Å². The molecule has 0 radical (unpaired) electrons. The summed E-state index contributed by atoms with van der Waals surface area (Å²) in [7, 11) is 0. The van der Waals surface area contributed by atoms with E-state index in [4.69, 9.17) is 5.11 Å². The van der Waals surface area contributed by atoms with Gasteiger partial charge in [0.25, 0.3) is 0 Å². The van der Waals surface area contributed by atoms with E-state index in [1.807, 2.05) is 19.9 Å². The minimum atomic E-state index is -0.788. The maximum Gasteiger partial charge on any atom is 0.320 e. The van der Waals surface area contributed by atoms with Gasteiger partial charge in [0.15, 0.2) is 0 Å². The summed E-state index contributed by atoms with van der Waals surface area (Å²) in [6.45, 7) is 8.55. The number of carbonyl (C=O) groups is 1. The first kappa shape index (κ1) is 13.7. The largest absolute Gasteiger partial charge is 0.480 e. The Morgan fingerprint density at radius 1 is 1.29 bits per heavy atom. The molecule has 0 unspecified atom stereocenters. The molecule has 2 N–H and O–H groups in total. The Morgan fingerprint density at radius 3 is 2.41 bits per heavy atom. The summed E-state index contributed by atoms with van der Waals surface area (Å²) >= 11 is 0. The summed E-state index contributed by atoms with van der Waals surface area (Å²) in [5.41, 5.74) is 3.62. The molecule has 0 aliphatic heterocycles. The van der Waals surface area contributed by atoms with Crippen molar-refractivity contribution < 1.29 is 9.90 Å². The van der Waals surface area contributed by atoms with E-state index < -0.39 is 12.0 Å². The predicted octanol–water partition coefficient (Wildman–Crippen LogP) is 2.50. The van der Waals surface area contributed by atoms with Crippen LogP contribution in [0.25, 0.3) is 0 Å². The molecule has 0 saturated heterocycles. The van der Waals surface area contributed by atoms with Gasteiger partial charge in [0.1, 0.15) is 6.04 Å². The molecule has 0 amide bonds. The number of aryl methyl sites for hydroxylation is 2. The molecule has 0 saturated carbocycles. The lowest BCUT2D eigenvalue weighted by molar-refractivity contribution is -0.140. The maximum atomic E-state index is 11.0. The van der Waals surface area contributed by atoms with Crippen molar-refractivity contribution in [3.63, 3.8) is 0 Å². The van der Waals surface area contributed by atoms with Gasteiger partial charge in [-0.1, -0.05) is 32.0 Å². The number of carboxylic acids is 1. The standard InChI is InChI=1S/C14H21NO2/c1-9(2)13(14(16)17)15-8-12-6-5-10(3)11(4)7-12/h5-7,9,13,15H,8H2,1-4H3,(H,16,17)/t13-/m1/s1. The summed E-state index contributed by atoms with van der Waals surface area (Å²) in [4.78, 5) is 11.0. The zero-order chi connectivity index (χ0) is 13.0. The number of hydrogen-bond acceptors (Lipinski definition) is 2. The molecular weight excluding hydrogens is 214 g/mol. The summed E-state index contributed by atoms with van der Waals surface area (Å²) in [6, 6.07) is 5.71. The van der Waals surface area contributed by atoms with Crippen molar-refractivity contribution in [3.8, 4) is 0 Å². The highest BCUT2D eigenvalue weighted by atomic mass is 16.4. The molecule has 0 aliphatic carbocycles. The number of aliphatic carboxylic acids is 1. The number of benzene rings is 1. The lowest BCUT2D eigenvalue weighted by atomic mass is 10.0. The lowest BCUT2D eigenvalue weighted by Gasteiger charge is -2.18. The Balaban J connectivity index is 2.65.